The molecule has 1 N–H and O–H groups in total. The average molecular weight is 300 g/mol. The third-order valence-corrected chi connectivity index (χ3v) is 3.81. The lowest BCUT2D eigenvalue weighted by atomic mass is 10.1. The molecule has 0 amide bonds. The van der Waals surface area contributed by atoms with Crippen molar-refractivity contribution in [3.63, 3.8) is 0 Å². The van der Waals surface area contributed by atoms with Gasteiger partial charge in [-0.2, -0.15) is 0 Å². The van der Waals surface area contributed by atoms with Gasteiger partial charge < -0.3 is 5.32 Å². The van der Waals surface area contributed by atoms with E-state index in [0.29, 0.717) is 0 Å². The zero-order chi connectivity index (χ0) is 14.6. The maximum atomic E-state index is 13.0. The van der Waals surface area contributed by atoms with E-state index in [1.807, 2.05) is 0 Å². The Morgan fingerprint density at radius 1 is 1.00 bits per heavy atom. The van der Waals surface area contributed by atoms with Gasteiger partial charge in [-0.3, -0.25) is 0 Å². The van der Waals surface area contributed by atoms with Crippen molar-refractivity contribution < 1.29 is 4.39 Å². The molecule has 0 radical (unpaired) electrons. The summed E-state index contributed by atoms with van der Waals surface area (Å²) in [6.07, 6.45) is 10.7. The molecule has 1 aromatic carbocycles. The first-order valence-corrected chi connectivity index (χ1v) is 8.26. The molecule has 0 aliphatic carbocycles. The Balaban J connectivity index is 1.95. The average Bonchev–Trinajstić information content (AvgIpc) is 2.45. The predicted octanol–water partition coefficient (Wildman–Crippen LogP) is 5.71. The molecular formula is C17H27ClFN. The molecule has 0 bridgehead atoms. The first-order valence-electron chi connectivity index (χ1n) is 7.88. The fraction of sp³-hybridized carbons (Fsp3) is 0.647. The van der Waals surface area contributed by atoms with Crippen molar-refractivity contribution >= 4 is 11.6 Å². The molecule has 0 aliphatic heterocycles. The highest BCUT2D eigenvalue weighted by atomic mass is 35.5. The number of benzene rings is 1. The quantitative estimate of drug-likeness (QED) is 0.516. The van der Waals surface area contributed by atoms with Crippen LogP contribution < -0.4 is 5.32 Å². The van der Waals surface area contributed by atoms with Gasteiger partial charge in [0.05, 0.1) is 5.02 Å². The van der Waals surface area contributed by atoms with Crippen LogP contribution in [-0.2, 0) is 6.54 Å². The van der Waals surface area contributed by atoms with E-state index >= 15 is 0 Å². The highest BCUT2D eigenvalue weighted by molar-refractivity contribution is 6.30. The zero-order valence-corrected chi connectivity index (χ0v) is 13.3. The second kappa shape index (κ2) is 11.1. The van der Waals surface area contributed by atoms with Crippen LogP contribution in [0.2, 0.25) is 5.02 Å². The number of nitrogens with one attached hydrogen (secondary N) is 1. The maximum Gasteiger partial charge on any atom is 0.141 e. The van der Waals surface area contributed by atoms with Gasteiger partial charge in [0.15, 0.2) is 0 Å². The summed E-state index contributed by atoms with van der Waals surface area (Å²) in [6.45, 7) is 4.03. The van der Waals surface area contributed by atoms with Crippen LogP contribution in [0.25, 0.3) is 0 Å². The highest BCUT2D eigenvalue weighted by Crippen LogP contribution is 2.15. The molecule has 0 aliphatic rings. The first-order chi connectivity index (χ1) is 9.74. The summed E-state index contributed by atoms with van der Waals surface area (Å²) in [5.41, 5.74) is 1.04. The van der Waals surface area contributed by atoms with Crippen LogP contribution in [-0.4, -0.2) is 6.54 Å². The number of hydrogen-bond donors (Lipinski definition) is 1. The van der Waals surface area contributed by atoms with Crippen molar-refractivity contribution in [2.45, 2.75) is 64.8 Å². The van der Waals surface area contributed by atoms with Crippen LogP contribution in [0.1, 0.15) is 63.9 Å². The lowest BCUT2D eigenvalue weighted by Gasteiger charge is -2.06. The fourth-order valence-corrected chi connectivity index (χ4v) is 2.47. The Morgan fingerprint density at radius 3 is 2.30 bits per heavy atom. The molecule has 0 atom stereocenters. The van der Waals surface area contributed by atoms with Crippen LogP contribution >= 0.6 is 11.6 Å². The molecule has 0 spiro atoms. The van der Waals surface area contributed by atoms with E-state index in [4.69, 9.17) is 11.6 Å². The van der Waals surface area contributed by atoms with E-state index in [1.165, 1.54) is 57.4 Å². The Morgan fingerprint density at radius 2 is 1.65 bits per heavy atom. The van der Waals surface area contributed by atoms with Crippen molar-refractivity contribution in [3.8, 4) is 0 Å². The molecule has 0 unspecified atom stereocenters. The number of hydrogen-bond acceptors (Lipinski definition) is 1. The molecule has 1 nitrogen and oxygen atoms in total. The summed E-state index contributed by atoms with van der Waals surface area (Å²) in [5.74, 6) is -0.349. The van der Waals surface area contributed by atoms with Gasteiger partial charge in [-0.15, -0.1) is 0 Å². The molecular weight excluding hydrogens is 273 g/mol. The summed E-state index contributed by atoms with van der Waals surface area (Å²) in [5, 5.41) is 3.58. The minimum Gasteiger partial charge on any atom is -0.313 e. The lowest BCUT2D eigenvalue weighted by molar-refractivity contribution is 0.555. The Bertz CT molecular complexity index is 368. The number of unbranched alkanes of at least 4 members (excludes halogenated alkanes) is 7. The normalized spacial score (nSPS) is 10.9. The Labute approximate surface area is 127 Å². The van der Waals surface area contributed by atoms with E-state index in [9.17, 15) is 4.39 Å². The second-order valence-electron chi connectivity index (χ2n) is 5.40. The predicted molar refractivity (Wildman–Crippen MR) is 85.7 cm³/mol. The van der Waals surface area contributed by atoms with Crippen molar-refractivity contribution in [1.82, 2.24) is 5.32 Å². The van der Waals surface area contributed by atoms with Crippen LogP contribution in [0.4, 0.5) is 4.39 Å². The Kier molecular flexibility index (Phi) is 9.69. The topological polar surface area (TPSA) is 12.0 Å². The summed E-state index contributed by atoms with van der Waals surface area (Å²) in [6, 6.07) is 4.90. The van der Waals surface area contributed by atoms with Gasteiger partial charge in [0.2, 0.25) is 0 Å². The highest BCUT2D eigenvalue weighted by Gasteiger charge is 2.00. The maximum absolute atomic E-state index is 13.0. The summed E-state index contributed by atoms with van der Waals surface area (Å²) in [7, 11) is 0. The van der Waals surface area contributed by atoms with Crippen LogP contribution in [0.5, 0.6) is 0 Å². The van der Waals surface area contributed by atoms with Gasteiger partial charge in [0.25, 0.3) is 0 Å². The van der Waals surface area contributed by atoms with Gasteiger partial charge in [-0.1, -0.05) is 69.5 Å². The fourth-order valence-electron chi connectivity index (χ4n) is 2.27. The molecule has 0 fully saturated rings. The molecule has 3 heteroatoms. The van der Waals surface area contributed by atoms with Gasteiger partial charge >= 0.3 is 0 Å². The minimum absolute atomic E-state index is 0.205. The first kappa shape index (κ1) is 17.5. The molecule has 0 saturated carbocycles. The van der Waals surface area contributed by atoms with E-state index < -0.39 is 0 Å². The molecule has 1 rings (SSSR count). The van der Waals surface area contributed by atoms with Crippen molar-refractivity contribution in [1.29, 1.82) is 0 Å². The van der Waals surface area contributed by atoms with Crippen LogP contribution in [0, 0.1) is 5.82 Å². The lowest BCUT2D eigenvalue weighted by Crippen LogP contribution is -2.14. The third-order valence-electron chi connectivity index (χ3n) is 3.52. The largest absolute Gasteiger partial charge is 0.313 e. The monoisotopic (exact) mass is 299 g/mol. The van der Waals surface area contributed by atoms with E-state index in [-0.39, 0.29) is 10.8 Å². The molecule has 114 valence electrons. The van der Waals surface area contributed by atoms with Crippen molar-refractivity contribution in [2.75, 3.05) is 6.54 Å². The zero-order valence-electron chi connectivity index (χ0n) is 12.6. The number of rotatable bonds is 11. The van der Waals surface area contributed by atoms with E-state index in [1.54, 1.807) is 12.1 Å². The molecule has 1 aromatic rings. The number of halogens is 2. The SMILES string of the molecule is CCCCCCCCCCNCc1ccc(F)c(Cl)c1. The van der Waals surface area contributed by atoms with E-state index in [2.05, 4.69) is 12.2 Å². The summed E-state index contributed by atoms with van der Waals surface area (Å²) < 4.78 is 13.0. The molecule has 0 aromatic heterocycles. The van der Waals surface area contributed by atoms with Crippen molar-refractivity contribution in [3.05, 3.63) is 34.6 Å². The minimum atomic E-state index is -0.349. The Hall–Kier alpha value is -0.600. The third kappa shape index (κ3) is 7.86. The summed E-state index contributed by atoms with van der Waals surface area (Å²) >= 11 is 5.74. The van der Waals surface area contributed by atoms with Gasteiger partial charge in [0.1, 0.15) is 5.82 Å². The summed E-state index contributed by atoms with van der Waals surface area (Å²) in [4.78, 5) is 0. The molecule has 20 heavy (non-hydrogen) atoms. The second-order valence-corrected chi connectivity index (χ2v) is 5.81. The van der Waals surface area contributed by atoms with Crippen molar-refractivity contribution in [2.24, 2.45) is 0 Å². The standard InChI is InChI=1S/C17H27ClFN/c1-2-3-4-5-6-7-8-9-12-20-14-15-10-11-17(19)16(18)13-15/h10-11,13,20H,2-9,12,14H2,1H3. The molecule has 0 heterocycles. The van der Waals surface area contributed by atoms with Crippen LogP contribution in [0.3, 0.4) is 0 Å². The smallest absolute Gasteiger partial charge is 0.141 e. The molecule has 0 saturated heterocycles. The van der Waals surface area contributed by atoms with Gasteiger partial charge in [-0.25, -0.2) is 4.39 Å². The van der Waals surface area contributed by atoms with Crippen LogP contribution in [0.15, 0.2) is 18.2 Å². The van der Waals surface area contributed by atoms with Gasteiger partial charge in [0, 0.05) is 6.54 Å². The van der Waals surface area contributed by atoms with Gasteiger partial charge in [-0.05, 0) is 30.7 Å². The van der Waals surface area contributed by atoms with E-state index in [0.717, 1.165) is 18.7 Å².